The van der Waals surface area contributed by atoms with Gasteiger partial charge in [0.2, 0.25) is 0 Å². The third-order valence-electron chi connectivity index (χ3n) is 2.80. The molecular formula is C12H13BrO3. The van der Waals surface area contributed by atoms with Crippen molar-refractivity contribution < 1.29 is 14.6 Å². The number of ether oxygens (including phenoxy) is 1. The van der Waals surface area contributed by atoms with Crippen LogP contribution in [0.2, 0.25) is 0 Å². The molecule has 2 rings (SSSR count). The van der Waals surface area contributed by atoms with Crippen molar-refractivity contribution in [2.24, 2.45) is 5.92 Å². The van der Waals surface area contributed by atoms with Gasteiger partial charge in [0.25, 0.3) is 0 Å². The third-order valence-corrected chi connectivity index (χ3v) is 3.33. The zero-order valence-electron chi connectivity index (χ0n) is 8.73. The number of halogens is 1. The van der Waals surface area contributed by atoms with Gasteiger partial charge in [0.05, 0.1) is 25.2 Å². The maximum absolute atomic E-state index is 11.6. The zero-order chi connectivity index (χ0) is 11.5. The first kappa shape index (κ1) is 11.8. The van der Waals surface area contributed by atoms with E-state index in [2.05, 4.69) is 15.9 Å². The van der Waals surface area contributed by atoms with E-state index in [4.69, 9.17) is 4.74 Å². The lowest BCUT2D eigenvalue weighted by Gasteiger charge is -2.25. The molecule has 0 unspecified atom stereocenters. The predicted octanol–water partition coefficient (Wildman–Crippen LogP) is 2.09. The van der Waals surface area contributed by atoms with Crippen LogP contribution in [0.15, 0.2) is 28.7 Å². The molecule has 1 N–H and O–H groups in total. The lowest BCUT2D eigenvalue weighted by molar-refractivity contribution is -0.136. The van der Waals surface area contributed by atoms with E-state index >= 15 is 0 Å². The number of aliphatic hydroxyl groups is 1. The van der Waals surface area contributed by atoms with Crippen LogP contribution in [-0.4, -0.2) is 24.1 Å². The number of rotatable bonds is 2. The molecule has 0 radical (unpaired) electrons. The summed E-state index contributed by atoms with van der Waals surface area (Å²) >= 11 is 3.33. The second-order valence-electron chi connectivity index (χ2n) is 3.89. The highest BCUT2D eigenvalue weighted by Gasteiger charge is 2.30. The Balaban J connectivity index is 2.14. The van der Waals surface area contributed by atoms with Gasteiger partial charge in [-0.3, -0.25) is 4.79 Å². The normalized spacial score (nSPS) is 23.1. The molecule has 16 heavy (non-hydrogen) atoms. The Labute approximate surface area is 103 Å². The van der Waals surface area contributed by atoms with Gasteiger partial charge in [0, 0.05) is 10.9 Å². The summed E-state index contributed by atoms with van der Waals surface area (Å²) in [5, 5.41) is 10.1. The van der Waals surface area contributed by atoms with Gasteiger partial charge in [0.1, 0.15) is 5.78 Å². The summed E-state index contributed by atoms with van der Waals surface area (Å²) in [5.74, 6) is -0.336. The van der Waals surface area contributed by atoms with Crippen LogP contribution in [0.5, 0.6) is 0 Å². The molecule has 1 aliphatic rings. The molecule has 1 heterocycles. The minimum absolute atomic E-state index is 0.0849. The van der Waals surface area contributed by atoms with Gasteiger partial charge in [-0.1, -0.05) is 28.1 Å². The van der Waals surface area contributed by atoms with Gasteiger partial charge in [-0.15, -0.1) is 0 Å². The number of ketones is 1. The van der Waals surface area contributed by atoms with Crippen molar-refractivity contribution >= 4 is 21.7 Å². The minimum atomic E-state index is -0.763. The van der Waals surface area contributed by atoms with Crippen molar-refractivity contribution in [1.82, 2.24) is 0 Å². The maximum atomic E-state index is 11.6. The van der Waals surface area contributed by atoms with Crippen molar-refractivity contribution in [2.75, 3.05) is 13.2 Å². The second kappa shape index (κ2) is 5.08. The van der Waals surface area contributed by atoms with E-state index in [1.54, 1.807) is 0 Å². The standard InChI is InChI=1S/C12H13BrO3/c13-9-3-1-8(2-4-9)12(15)10-7-16-6-5-11(10)14/h1-4,10,12,15H,5-7H2/t10-,12+/m0/s1. The van der Waals surface area contributed by atoms with Crippen LogP contribution in [0.3, 0.4) is 0 Å². The Kier molecular flexibility index (Phi) is 3.74. The van der Waals surface area contributed by atoms with Crippen molar-refractivity contribution in [3.63, 3.8) is 0 Å². The molecule has 1 fully saturated rings. The van der Waals surface area contributed by atoms with Crippen molar-refractivity contribution in [2.45, 2.75) is 12.5 Å². The fraction of sp³-hybridized carbons (Fsp3) is 0.417. The first-order chi connectivity index (χ1) is 7.68. The van der Waals surface area contributed by atoms with E-state index in [1.807, 2.05) is 24.3 Å². The minimum Gasteiger partial charge on any atom is -0.388 e. The summed E-state index contributed by atoms with van der Waals surface area (Å²) in [5.41, 5.74) is 0.757. The Hall–Kier alpha value is -0.710. The van der Waals surface area contributed by atoms with Gasteiger partial charge in [-0.05, 0) is 17.7 Å². The molecule has 2 atom stereocenters. The van der Waals surface area contributed by atoms with Crippen molar-refractivity contribution in [3.05, 3.63) is 34.3 Å². The summed E-state index contributed by atoms with van der Waals surface area (Å²) < 4.78 is 6.18. The van der Waals surface area contributed by atoms with Gasteiger partial charge < -0.3 is 9.84 Å². The first-order valence-corrected chi connectivity index (χ1v) is 6.02. The monoisotopic (exact) mass is 284 g/mol. The lowest BCUT2D eigenvalue weighted by Crippen LogP contribution is -2.32. The highest BCUT2D eigenvalue weighted by atomic mass is 79.9. The van der Waals surface area contributed by atoms with Gasteiger partial charge in [-0.25, -0.2) is 0 Å². The summed E-state index contributed by atoms with van der Waals surface area (Å²) in [6, 6.07) is 7.34. The molecule has 0 aromatic heterocycles. The fourth-order valence-electron chi connectivity index (χ4n) is 1.82. The Morgan fingerprint density at radius 3 is 2.69 bits per heavy atom. The summed E-state index contributed by atoms with van der Waals surface area (Å²) in [6.07, 6.45) is -0.362. The summed E-state index contributed by atoms with van der Waals surface area (Å²) in [6.45, 7) is 0.790. The Bertz CT molecular complexity index is 374. The summed E-state index contributed by atoms with van der Waals surface area (Å²) in [7, 11) is 0. The Morgan fingerprint density at radius 2 is 2.06 bits per heavy atom. The Morgan fingerprint density at radius 1 is 1.38 bits per heavy atom. The van der Waals surface area contributed by atoms with Crippen molar-refractivity contribution in [1.29, 1.82) is 0 Å². The van der Waals surface area contributed by atoms with E-state index in [-0.39, 0.29) is 5.78 Å². The van der Waals surface area contributed by atoms with Gasteiger partial charge in [0.15, 0.2) is 0 Å². The van der Waals surface area contributed by atoms with Crippen LogP contribution < -0.4 is 0 Å². The van der Waals surface area contributed by atoms with Gasteiger partial charge in [-0.2, -0.15) is 0 Å². The summed E-state index contributed by atoms with van der Waals surface area (Å²) in [4.78, 5) is 11.6. The molecule has 1 aromatic rings. The molecule has 0 bridgehead atoms. The molecule has 0 saturated carbocycles. The largest absolute Gasteiger partial charge is 0.388 e. The molecule has 1 aliphatic heterocycles. The van der Waals surface area contributed by atoms with Crippen molar-refractivity contribution in [3.8, 4) is 0 Å². The average molecular weight is 285 g/mol. The van der Waals surface area contributed by atoms with Gasteiger partial charge >= 0.3 is 0 Å². The number of carbonyl (C=O) groups excluding carboxylic acids is 1. The molecule has 0 amide bonds. The predicted molar refractivity (Wildman–Crippen MR) is 63.0 cm³/mol. The number of hydrogen-bond donors (Lipinski definition) is 1. The molecule has 86 valence electrons. The quantitative estimate of drug-likeness (QED) is 0.905. The lowest BCUT2D eigenvalue weighted by atomic mass is 9.90. The number of aliphatic hydroxyl groups excluding tert-OH is 1. The van der Waals surface area contributed by atoms with Crippen LogP contribution in [-0.2, 0) is 9.53 Å². The highest BCUT2D eigenvalue weighted by Crippen LogP contribution is 2.27. The SMILES string of the molecule is O=C1CCOC[C@@H]1[C@H](O)c1ccc(Br)cc1. The fourth-order valence-corrected chi connectivity index (χ4v) is 2.09. The van der Waals surface area contributed by atoms with Crippen LogP contribution in [0.1, 0.15) is 18.1 Å². The molecular weight excluding hydrogens is 272 g/mol. The molecule has 1 aromatic carbocycles. The van der Waals surface area contributed by atoms with Crippen LogP contribution in [0, 0.1) is 5.92 Å². The molecule has 0 spiro atoms. The van der Waals surface area contributed by atoms with E-state index in [0.717, 1.165) is 10.0 Å². The first-order valence-electron chi connectivity index (χ1n) is 5.22. The third kappa shape index (κ3) is 2.51. The number of benzene rings is 1. The van der Waals surface area contributed by atoms with E-state index < -0.39 is 12.0 Å². The maximum Gasteiger partial charge on any atom is 0.143 e. The van der Waals surface area contributed by atoms with E-state index in [9.17, 15) is 9.90 Å². The number of Topliss-reactive ketones (excluding diaryl/α,β-unsaturated/α-hetero) is 1. The molecule has 3 nitrogen and oxygen atoms in total. The number of carbonyl (C=O) groups is 1. The zero-order valence-corrected chi connectivity index (χ0v) is 10.3. The molecule has 4 heteroatoms. The molecule has 1 saturated heterocycles. The number of hydrogen-bond acceptors (Lipinski definition) is 3. The van der Waals surface area contributed by atoms with Crippen LogP contribution in [0.4, 0.5) is 0 Å². The highest BCUT2D eigenvalue weighted by molar-refractivity contribution is 9.10. The molecule has 0 aliphatic carbocycles. The smallest absolute Gasteiger partial charge is 0.143 e. The second-order valence-corrected chi connectivity index (χ2v) is 4.81. The topological polar surface area (TPSA) is 46.5 Å². The van der Waals surface area contributed by atoms with Crippen LogP contribution >= 0.6 is 15.9 Å². The van der Waals surface area contributed by atoms with Crippen LogP contribution in [0.25, 0.3) is 0 Å². The van der Waals surface area contributed by atoms with E-state index in [1.165, 1.54) is 0 Å². The average Bonchev–Trinajstić information content (AvgIpc) is 2.30. The van der Waals surface area contributed by atoms with E-state index in [0.29, 0.717) is 19.6 Å².